The molecular weight excluding hydrogens is 236 g/mol. The predicted molar refractivity (Wildman–Crippen MR) is 72.7 cm³/mol. The Morgan fingerprint density at radius 3 is 2.89 bits per heavy atom. The van der Waals surface area contributed by atoms with Crippen LogP contribution in [0.4, 0.5) is 5.82 Å². The molecule has 0 N–H and O–H groups in total. The number of nitrogens with zero attached hydrogens (tertiary/aromatic N) is 4. The molecule has 2 aromatic rings. The summed E-state index contributed by atoms with van der Waals surface area (Å²) in [4.78, 5) is 10.5. The molecule has 0 spiro atoms. The lowest BCUT2D eigenvalue weighted by Gasteiger charge is -2.30. The molecule has 0 aliphatic carbocycles. The molecule has 1 aromatic carbocycles. The van der Waals surface area contributed by atoms with E-state index in [1.807, 2.05) is 0 Å². The van der Waals surface area contributed by atoms with Crippen molar-refractivity contribution in [3.8, 4) is 6.07 Å². The maximum absolute atomic E-state index is 9.11. The minimum atomic E-state index is 0.401. The van der Waals surface area contributed by atoms with Gasteiger partial charge in [0, 0.05) is 25.5 Å². The van der Waals surface area contributed by atoms with Crippen LogP contribution in [-0.2, 0) is 13.0 Å². The second-order valence-electron chi connectivity index (χ2n) is 4.78. The maximum atomic E-state index is 9.11. The van der Waals surface area contributed by atoms with Crippen LogP contribution in [0.1, 0.15) is 22.4 Å². The summed E-state index contributed by atoms with van der Waals surface area (Å²) >= 11 is 0. The van der Waals surface area contributed by atoms with E-state index < -0.39 is 0 Å². The first kappa shape index (κ1) is 11.7. The van der Waals surface area contributed by atoms with Crippen LogP contribution in [0.15, 0.2) is 30.6 Å². The van der Waals surface area contributed by atoms with Crippen LogP contribution in [0.5, 0.6) is 0 Å². The Labute approximate surface area is 112 Å². The summed E-state index contributed by atoms with van der Waals surface area (Å²) in [6, 6.07) is 8.67. The van der Waals surface area contributed by atoms with Crippen molar-refractivity contribution in [2.45, 2.75) is 19.9 Å². The lowest BCUT2D eigenvalue weighted by atomic mass is 9.98. The zero-order valence-electron chi connectivity index (χ0n) is 10.8. The molecule has 4 nitrogen and oxygen atoms in total. The largest absolute Gasteiger partial charge is 0.350 e. The van der Waals surface area contributed by atoms with E-state index in [0.29, 0.717) is 11.5 Å². The first-order valence-corrected chi connectivity index (χ1v) is 6.32. The Bertz CT molecular complexity index is 657. The second-order valence-corrected chi connectivity index (χ2v) is 4.78. The Morgan fingerprint density at radius 2 is 2.05 bits per heavy atom. The average Bonchev–Trinajstić information content (AvgIpc) is 2.46. The number of aromatic nitrogens is 2. The first-order chi connectivity index (χ1) is 9.28. The van der Waals surface area contributed by atoms with Crippen LogP contribution < -0.4 is 4.90 Å². The molecule has 1 aliphatic rings. The molecule has 0 radical (unpaired) electrons. The summed E-state index contributed by atoms with van der Waals surface area (Å²) in [5.74, 6) is 0.692. The highest BCUT2D eigenvalue weighted by Gasteiger charge is 2.20. The smallest absolute Gasteiger partial charge is 0.183 e. The second kappa shape index (κ2) is 4.69. The summed E-state index contributed by atoms with van der Waals surface area (Å²) < 4.78 is 0. The fourth-order valence-corrected chi connectivity index (χ4v) is 2.51. The molecule has 4 heteroatoms. The number of anilines is 1. The third-order valence-electron chi connectivity index (χ3n) is 3.46. The number of nitriles is 1. The highest BCUT2D eigenvalue weighted by atomic mass is 15.2. The van der Waals surface area contributed by atoms with Gasteiger partial charge in [0.15, 0.2) is 11.5 Å². The van der Waals surface area contributed by atoms with Crippen LogP contribution in [0, 0.1) is 18.3 Å². The first-order valence-electron chi connectivity index (χ1n) is 6.32. The van der Waals surface area contributed by atoms with E-state index >= 15 is 0 Å². The van der Waals surface area contributed by atoms with Crippen molar-refractivity contribution in [3.63, 3.8) is 0 Å². The molecule has 1 aliphatic heterocycles. The molecule has 0 unspecified atom stereocenters. The number of fused-ring (bicyclic) bond motifs is 1. The van der Waals surface area contributed by atoms with Crippen LogP contribution in [-0.4, -0.2) is 16.5 Å². The van der Waals surface area contributed by atoms with Crippen LogP contribution in [0.2, 0.25) is 0 Å². The van der Waals surface area contributed by atoms with E-state index in [0.717, 1.165) is 19.5 Å². The zero-order valence-corrected chi connectivity index (χ0v) is 10.8. The van der Waals surface area contributed by atoms with Crippen LogP contribution in [0.25, 0.3) is 0 Å². The van der Waals surface area contributed by atoms with Crippen molar-refractivity contribution in [2.24, 2.45) is 0 Å². The number of hydrogen-bond acceptors (Lipinski definition) is 4. The SMILES string of the molecule is Cc1ccc2c(c1)CN(c1nccnc1C#N)CC2. The molecule has 3 rings (SSSR count). The fraction of sp³-hybridized carbons (Fsp3) is 0.267. The van der Waals surface area contributed by atoms with Gasteiger partial charge in [0.25, 0.3) is 0 Å². The Morgan fingerprint density at radius 1 is 1.21 bits per heavy atom. The molecule has 0 amide bonds. The molecule has 0 saturated carbocycles. The van der Waals surface area contributed by atoms with Crippen molar-refractivity contribution >= 4 is 5.82 Å². The molecule has 1 aromatic heterocycles. The number of rotatable bonds is 1. The standard InChI is InChI=1S/C15H14N4/c1-11-2-3-12-4-7-19(10-13(12)8-11)15-14(9-16)17-5-6-18-15/h2-3,5-6,8H,4,7,10H2,1H3. The monoisotopic (exact) mass is 250 g/mol. The van der Waals surface area contributed by atoms with E-state index in [9.17, 15) is 0 Å². The van der Waals surface area contributed by atoms with Gasteiger partial charge in [0.1, 0.15) is 6.07 Å². The lowest BCUT2D eigenvalue weighted by Crippen LogP contribution is -2.31. The molecule has 0 atom stereocenters. The molecule has 94 valence electrons. The van der Waals surface area contributed by atoms with Gasteiger partial charge < -0.3 is 4.90 Å². The van der Waals surface area contributed by atoms with E-state index in [2.05, 4.69) is 46.1 Å². The summed E-state index contributed by atoms with van der Waals surface area (Å²) in [5.41, 5.74) is 4.38. The van der Waals surface area contributed by atoms with E-state index in [1.165, 1.54) is 16.7 Å². The van der Waals surface area contributed by atoms with E-state index in [1.54, 1.807) is 12.4 Å². The normalized spacial score (nSPS) is 13.8. The predicted octanol–water partition coefficient (Wildman–Crippen LogP) is 2.22. The molecule has 0 bridgehead atoms. The van der Waals surface area contributed by atoms with Gasteiger partial charge in [-0.2, -0.15) is 5.26 Å². The Hall–Kier alpha value is -2.41. The number of benzene rings is 1. The third kappa shape index (κ3) is 2.15. The van der Waals surface area contributed by atoms with Crippen molar-refractivity contribution in [3.05, 3.63) is 53.0 Å². The highest BCUT2D eigenvalue weighted by molar-refractivity contribution is 5.52. The van der Waals surface area contributed by atoms with Gasteiger partial charge >= 0.3 is 0 Å². The van der Waals surface area contributed by atoms with Gasteiger partial charge in [-0.1, -0.05) is 23.8 Å². The zero-order chi connectivity index (χ0) is 13.2. The number of hydrogen-bond donors (Lipinski definition) is 0. The molecule has 19 heavy (non-hydrogen) atoms. The maximum Gasteiger partial charge on any atom is 0.183 e. The summed E-state index contributed by atoms with van der Waals surface area (Å²) in [6.45, 7) is 3.77. The highest BCUT2D eigenvalue weighted by Crippen LogP contribution is 2.25. The molecule has 0 saturated heterocycles. The summed E-state index contributed by atoms with van der Waals surface area (Å²) in [6.07, 6.45) is 4.18. The third-order valence-corrected chi connectivity index (χ3v) is 3.46. The minimum absolute atomic E-state index is 0.401. The molecular formula is C15H14N4. The van der Waals surface area contributed by atoms with E-state index in [-0.39, 0.29) is 0 Å². The lowest BCUT2D eigenvalue weighted by molar-refractivity contribution is 0.716. The van der Waals surface area contributed by atoms with Crippen molar-refractivity contribution in [1.82, 2.24) is 9.97 Å². The van der Waals surface area contributed by atoms with Crippen LogP contribution in [0.3, 0.4) is 0 Å². The van der Waals surface area contributed by atoms with Crippen molar-refractivity contribution in [2.75, 3.05) is 11.4 Å². The van der Waals surface area contributed by atoms with Gasteiger partial charge in [-0.25, -0.2) is 9.97 Å². The van der Waals surface area contributed by atoms with Gasteiger partial charge in [-0.15, -0.1) is 0 Å². The quantitative estimate of drug-likeness (QED) is 0.778. The van der Waals surface area contributed by atoms with E-state index in [4.69, 9.17) is 5.26 Å². The molecule has 2 heterocycles. The number of aryl methyl sites for hydroxylation is 1. The van der Waals surface area contributed by atoms with Gasteiger partial charge in [0.05, 0.1) is 0 Å². The fourth-order valence-electron chi connectivity index (χ4n) is 2.51. The summed E-state index contributed by atoms with van der Waals surface area (Å²) in [7, 11) is 0. The topological polar surface area (TPSA) is 52.8 Å². The minimum Gasteiger partial charge on any atom is -0.350 e. The van der Waals surface area contributed by atoms with Gasteiger partial charge in [-0.3, -0.25) is 0 Å². The average molecular weight is 250 g/mol. The molecule has 0 fully saturated rings. The van der Waals surface area contributed by atoms with Crippen molar-refractivity contribution < 1.29 is 0 Å². The van der Waals surface area contributed by atoms with Gasteiger partial charge in [-0.05, 0) is 24.5 Å². The van der Waals surface area contributed by atoms with Gasteiger partial charge in [0.2, 0.25) is 0 Å². The Kier molecular flexibility index (Phi) is 2.88. The summed E-state index contributed by atoms with van der Waals surface area (Å²) in [5, 5.41) is 9.11. The van der Waals surface area contributed by atoms with Crippen molar-refractivity contribution in [1.29, 1.82) is 5.26 Å². The van der Waals surface area contributed by atoms with Crippen LogP contribution >= 0.6 is 0 Å². The Balaban J connectivity index is 1.96.